The number of ether oxygens (including phenoxy) is 6. The summed E-state index contributed by atoms with van der Waals surface area (Å²) in [5.41, 5.74) is -1.03. The molecule has 4 N–H and O–H groups in total. The Balaban J connectivity index is 0.978. The number of methoxy groups -OCH3 is 2. The van der Waals surface area contributed by atoms with Crippen molar-refractivity contribution in [3.63, 3.8) is 0 Å². The molecule has 0 saturated carbocycles. The first-order chi connectivity index (χ1) is 52.2. The molecule has 1 amide bonds. The summed E-state index contributed by atoms with van der Waals surface area (Å²) in [7, 11) is -4.09. The Hall–Kier alpha value is -8.95. The van der Waals surface area contributed by atoms with Crippen molar-refractivity contribution in [3.05, 3.63) is 241 Å². The van der Waals surface area contributed by atoms with Crippen LogP contribution in [0.1, 0.15) is 142 Å². The van der Waals surface area contributed by atoms with Crippen molar-refractivity contribution in [2.75, 3.05) is 39.4 Å². The number of nitriles is 1. The van der Waals surface area contributed by atoms with E-state index >= 15 is 4.57 Å². The number of anilines is 1. The number of carbonyl (C=O) groups excluding carboxylic acids is 1. The molecular formula is C76H85Cl2N11O18P2. The highest BCUT2D eigenvalue weighted by Crippen LogP contribution is 2.59. The zero-order chi connectivity index (χ0) is 77.8. The third-order valence-electron chi connectivity index (χ3n) is 19.3. The average Bonchev–Trinajstić information content (AvgIpc) is 1.74. The van der Waals surface area contributed by atoms with Crippen molar-refractivity contribution in [2.24, 2.45) is 5.92 Å². The Morgan fingerprint density at radius 1 is 0.706 bits per heavy atom. The molecule has 0 aliphatic carbocycles. The first-order valence-electron chi connectivity index (χ1n) is 35.5. The highest BCUT2D eigenvalue weighted by molar-refractivity contribution is 7.49. The fourth-order valence-corrected chi connectivity index (χ4v) is 17.5. The average molecular weight is 1570 g/mol. The summed E-state index contributed by atoms with van der Waals surface area (Å²) < 4.78 is 96.3. The highest BCUT2D eigenvalue weighted by atomic mass is 35.5. The summed E-state index contributed by atoms with van der Waals surface area (Å²) in [6, 6.07) is 36.1. The Bertz CT molecular complexity index is 5110. The Labute approximate surface area is 638 Å². The first kappa shape index (κ1) is 79.6. The van der Waals surface area contributed by atoms with E-state index in [1.807, 2.05) is 111 Å². The van der Waals surface area contributed by atoms with E-state index in [-0.39, 0.29) is 95.0 Å². The van der Waals surface area contributed by atoms with Gasteiger partial charge in [0.05, 0.1) is 70.1 Å². The van der Waals surface area contributed by atoms with Crippen molar-refractivity contribution in [3.8, 4) is 23.3 Å². The van der Waals surface area contributed by atoms with Crippen LogP contribution in [0.25, 0.3) is 11.2 Å². The summed E-state index contributed by atoms with van der Waals surface area (Å²) in [5.74, 6) is -0.754. The number of imidazole rings is 1. The minimum absolute atomic E-state index is 0.000671. The monoisotopic (exact) mass is 1570 g/mol. The van der Waals surface area contributed by atoms with Crippen molar-refractivity contribution >= 4 is 62.6 Å². The number of carbonyl (C=O) groups is 1. The molecule has 7 heterocycles. The number of aromatic nitrogens is 8. The Morgan fingerprint density at radius 2 is 1.28 bits per heavy atom. The summed E-state index contributed by atoms with van der Waals surface area (Å²) in [6.45, 7) is 15.3. The van der Waals surface area contributed by atoms with Gasteiger partial charge in [0.2, 0.25) is 11.9 Å². The van der Waals surface area contributed by atoms with Gasteiger partial charge < -0.3 is 42.0 Å². The molecule has 3 aliphatic rings. The van der Waals surface area contributed by atoms with E-state index in [4.69, 9.17) is 74.2 Å². The topological polar surface area (TPSA) is 348 Å². The molecule has 3 saturated heterocycles. The number of aromatic amines is 3. The summed E-state index contributed by atoms with van der Waals surface area (Å²) in [5, 5.41) is 12.6. The van der Waals surface area contributed by atoms with Crippen LogP contribution in [0.15, 0.2) is 158 Å². The van der Waals surface area contributed by atoms with E-state index < -0.39 is 124 Å². The Kier molecular flexibility index (Phi) is 24.9. The Morgan fingerprint density at radius 3 is 1.88 bits per heavy atom. The van der Waals surface area contributed by atoms with Crippen molar-refractivity contribution in [1.29, 1.82) is 5.26 Å². The molecule has 2 unspecified atom stereocenters. The van der Waals surface area contributed by atoms with Crippen LogP contribution in [-0.2, 0) is 52.0 Å². The van der Waals surface area contributed by atoms with E-state index in [9.17, 15) is 34.0 Å². The molecule has 109 heavy (non-hydrogen) atoms. The minimum Gasteiger partial charge on any atom is -0.497 e. The number of phosphoric ester groups is 1. The van der Waals surface area contributed by atoms with Gasteiger partial charge in [0.25, 0.3) is 25.2 Å². The second-order valence-electron chi connectivity index (χ2n) is 27.5. The maximum atomic E-state index is 16.7. The third-order valence-corrected chi connectivity index (χ3v) is 23.6. The van der Waals surface area contributed by atoms with Crippen LogP contribution < -0.4 is 47.4 Å². The number of para-hydroxylation sites is 1. The summed E-state index contributed by atoms with van der Waals surface area (Å²) in [4.78, 5) is 97.4. The van der Waals surface area contributed by atoms with Gasteiger partial charge >= 0.3 is 19.2 Å². The van der Waals surface area contributed by atoms with Gasteiger partial charge in [-0.1, -0.05) is 110 Å². The number of H-pyrrole nitrogens is 3. The molecule has 11 atom stereocenters. The number of fused-ring (bicyclic) bond motifs is 1. The molecular weight excluding hydrogens is 1490 g/mol. The van der Waals surface area contributed by atoms with Gasteiger partial charge in [0.1, 0.15) is 59.8 Å². The fraction of sp³-hybridized carbons (Fsp3) is 0.408. The van der Waals surface area contributed by atoms with E-state index in [1.165, 1.54) is 51.5 Å². The molecule has 0 spiro atoms. The number of hydrogen-bond acceptors (Lipinski definition) is 22. The van der Waals surface area contributed by atoms with Gasteiger partial charge in [-0.2, -0.15) is 10.2 Å². The normalized spacial score (nSPS) is 21.0. The molecule has 5 aromatic carbocycles. The van der Waals surface area contributed by atoms with Gasteiger partial charge in [-0.25, -0.2) is 23.8 Å². The van der Waals surface area contributed by atoms with E-state index in [1.54, 1.807) is 66.2 Å². The fourth-order valence-electron chi connectivity index (χ4n) is 13.9. The van der Waals surface area contributed by atoms with Crippen molar-refractivity contribution < 1.29 is 60.4 Å². The van der Waals surface area contributed by atoms with Gasteiger partial charge in [-0.3, -0.25) is 62.2 Å². The van der Waals surface area contributed by atoms with Gasteiger partial charge in [-0.05, 0) is 124 Å². The number of benzene rings is 5. The highest BCUT2D eigenvalue weighted by Gasteiger charge is 2.51. The predicted molar refractivity (Wildman–Crippen MR) is 406 cm³/mol. The zero-order valence-electron chi connectivity index (χ0n) is 61.7. The second kappa shape index (κ2) is 34.1. The minimum atomic E-state index is -5.23. The zero-order valence-corrected chi connectivity index (χ0v) is 65.0. The molecule has 3 aliphatic heterocycles. The van der Waals surface area contributed by atoms with Crippen molar-refractivity contribution in [1.82, 2.24) is 43.3 Å². The van der Waals surface area contributed by atoms with Crippen LogP contribution in [0.4, 0.5) is 5.95 Å². The SMILES string of the molecule is COc1ccc(C(OC[C@@H]2O[C@@H](n3cc(C)c(=O)[nH]c3=O)C[C@H]2c2ccc(Cl)c(C)c2[C@H]2O[C@@H](n3cc(C)c(=O)[nH]c3=O)C[C@@H]2OP(=O)(OC[C@H]2O[C@@H](n3cnc4c(=O)[nH]c(NC(=O)C(C)C)nc43)C[C@@H]2OP(OCCC#N)N(C(C)C)C(C)C)Oc2ccccc2Cl)(c2ccccc2)c2ccc(OC)cc2)cc1. The lowest BCUT2D eigenvalue weighted by molar-refractivity contribution is -0.118. The number of nitrogens with zero attached hydrogens (tertiary/aromatic N) is 7. The molecule has 4 aromatic heterocycles. The third kappa shape index (κ3) is 17.2. The number of aryl methyl sites for hydroxylation is 2. The summed E-state index contributed by atoms with van der Waals surface area (Å²) >= 11 is 14.2. The largest absolute Gasteiger partial charge is 0.530 e. The van der Waals surface area contributed by atoms with E-state index in [0.29, 0.717) is 39.3 Å². The maximum Gasteiger partial charge on any atom is 0.530 e. The number of rotatable bonds is 30. The lowest BCUT2D eigenvalue weighted by Gasteiger charge is -2.37. The van der Waals surface area contributed by atoms with Crippen LogP contribution >= 0.6 is 39.6 Å². The number of halogens is 2. The van der Waals surface area contributed by atoms with Gasteiger partial charge in [0.15, 0.2) is 11.2 Å². The number of phosphoric acid groups is 1. The van der Waals surface area contributed by atoms with Crippen LogP contribution in [0.3, 0.4) is 0 Å². The van der Waals surface area contributed by atoms with Crippen LogP contribution in [-0.4, -0.2) is 120 Å². The standard InChI is InChI=1S/C76H85Cl2N11O18P2/c1-42(2)69(90)82-73-81-68-66(72(93)83-73)80-41-88(68)64-35-58(105-108(100-33-17-32-79)89(43(3)4)44(5)6)61(103-64)40-101-109(96,106-57-21-16-15-20-56(57)78)107-59-36-63(87-38-46(8)71(92)85-75(87)95)104-67(59)65-47(9)55(77)31-30-53(65)54-34-62(86-37-45(7)70(91)84-74(86)94)102-60(54)39-99-76(48-18-13-12-14-19-48,49-22-26-51(97-10)27-23-49)50-24-28-52(98-11)29-25-50/h12-16,18-31,37-38,41-44,54,58-64,67H,17,33-36,39-40H2,1-11H3,(H,84,91,94)(H,85,92,95)(H2,81,82,83,90,93)/t54-,58-,59-,60-,61+,62+,63+,64+,67-,108?,109?/m0/s1. The van der Waals surface area contributed by atoms with Crippen LogP contribution in [0.2, 0.25) is 10.0 Å². The summed E-state index contributed by atoms with van der Waals surface area (Å²) in [6.07, 6.45) is -5.51. The second-order valence-corrected chi connectivity index (χ2v) is 31.3. The van der Waals surface area contributed by atoms with Crippen molar-refractivity contribution in [2.45, 2.75) is 161 Å². The molecule has 29 nitrogen and oxygen atoms in total. The molecule has 576 valence electrons. The van der Waals surface area contributed by atoms with E-state index in [2.05, 4.69) is 36.3 Å². The predicted octanol–water partition coefficient (Wildman–Crippen LogP) is 12.6. The number of hydrogen-bond donors (Lipinski definition) is 4. The number of amides is 1. The molecule has 0 bridgehead atoms. The first-order valence-corrected chi connectivity index (χ1v) is 38.8. The molecule has 33 heteroatoms. The lowest BCUT2D eigenvalue weighted by Crippen LogP contribution is -2.37. The van der Waals surface area contributed by atoms with E-state index in [0.717, 1.165) is 5.56 Å². The molecule has 12 rings (SSSR count). The molecule has 9 aromatic rings. The van der Waals surface area contributed by atoms with Gasteiger partial charge in [0, 0.05) is 71.7 Å². The van der Waals surface area contributed by atoms with Gasteiger partial charge in [-0.15, -0.1) is 0 Å². The maximum absolute atomic E-state index is 16.7. The molecule has 3 fully saturated rings. The quantitative estimate of drug-likeness (QED) is 0.0184. The van der Waals surface area contributed by atoms with Crippen LogP contribution in [0, 0.1) is 38.0 Å². The number of nitrogens with one attached hydrogen (secondary N) is 4. The lowest BCUT2D eigenvalue weighted by atomic mass is 9.79. The molecule has 0 radical (unpaired) electrons. The van der Waals surface area contributed by atoms with Crippen LogP contribution in [0.5, 0.6) is 17.2 Å². The smallest absolute Gasteiger partial charge is 0.497 e.